The summed E-state index contributed by atoms with van der Waals surface area (Å²) in [6, 6.07) is 5.79. The van der Waals surface area contributed by atoms with E-state index in [4.69, 9.17) is 9.26 Å². The van der Waals surface area contributed by atoms with Gasteiger partial charge < -0.3 is 9.26 Å². The molecule has 3 nitrogen and oxygen atoms in total. The Bertz CT molecular complexity index is 453. The number of thiol groups is 1. The number of aromatic nitrogens is 1. The van der Waals surface area contributed by atoms with E-state index in [2.05, 4.69) is 17.8 Å². The summed E-state index contributed by atoms with van der Waals surface area (Å²) in [4.78, 5) is 0. The maximum Gasteiger partial charge on any atom is 0.170 e. The molecule has 0 bridgehead atoms. The first-order valence-electron chi connectivity index (χ1n) is 4.97. The van der Waals surface area contributed by atoms with Gasteiger partial charge in [0.1, 0.15) is 5.75 Å². The van der Waals surface area contributed by atoms with Gasteiger partial charge in [0.25, 0.3) is 0 Å². The van der Waals surface area contributed by atoms with Gasteiger partial charge in [0.15, 0.2) is 5.58 Å². The Labute approximate surface area is 93.8 Å². The van der Waals surface area contributed by atoms with Crippen LogP contribution in [0.5, 0.6) is 5.75 Å². The van der Waals surface area contributed by atoms with Gasteiger partial charge in [-0.3, -0.25) is 0 Å². The minimum atomic E-state index is 0.656. The Kier molecular flexibility index (Phi) is 3.16. The molecule has 1 aromatic carbocycles. The third kappa shape index (κ3) is 2.09. The standard InChI is InChI=1S/C11H13NO2S/c1-2-13-8-3-4-9-10(5-6-15)12-14-11(9)7-8/h3-4,7,15H,2,5-6H2,1H3. The molecule has 0 N–H and O–H groups in total. The van der Waals surface area contributed by atoms with Gasteiger partial charge >= 0.3 is 0 Å². The lowest BCUT2D eigenvalue weighted by molar-refractivity contribution is 0.339. The summed E-state index contributed by atoms with van der Waals surface area (Å²) in [5.74, 6) is 1.59. The van der Waals surface area contributed by atoms with Crippen LogP contribution in [0.4, 0.5) is 0 Å². The lowest BCUT2D eigenvalue weighted by Crippen LogP contribution is -1.90. The SMILES string of the molecule is CCOc1ccc2c(CCS)noc2c1. The molecule has 0 spiro atoms. The number of rotatable bonds is 4. The van der Waals surface area contributed by atoms with Gasteiger partial charge in [0.2, 0.25) is 0 Å². The lowest BCUT2D eigenvalue weighted by atomic mass is 10.2. The van der Waals surface area contributed by atoms with Crippen molar-refractivity contribution in [1.29, 1.82) is 0 Å². The molecular weight excluding hydrogens is 210 g/mol. The molecule has 0 radical (unpaired) electrons. The van der Waals surface area contributed by atoms with Crippen molar-refractivity contribution in [1.82, 2.24) is 5.16 Å². The second-order valence-corrected chi connectivity index (χ2v) is 3.64. The number of fused-ring (bicyclic) bond motifs is 1. The van der Waals surface area contributed by atoms with E-state index >= 15 is 0 Å². The summed E-state index contributed by atoms with van der Waals surface area (Å²) in [5.41, 5.74) is 1.74. The van der Waals surface area contributed by atoms with Gasteiger partial charge in [0, 0.05) is 17.9 Å². The van der Waals surface area contributed by atoms with Crippen LogP contribution in [0.25, 0.3) is 11.0 Å². The summed E-state index contributed by atoms with van der Waals surface area (Å²) in [5, 5.41) is 5.06. The number of hydrogen-bond donors (Lipinski definition) is 1. The monoisotopic (exact) mass is 223 g/mol. The van der Waals surface area contributed by atoms with Crippen molar-refractivity contribution in [2.45, 2.75) is 13.3 Å². The Hall–Kier alpha value is -1.16. The fraction of sp³-hybridized carbons (Fsp3) is 0.364. The predicted molar refractivity (Wildman–Crippen MR) is 62.7 cm³/mol. The van der Waals surface area contributed by atoms with Crippen LogP contribution in [-0.2, 0) is 6.42 Å². The number of aryl methyl sites for hydroxylation is 1. The predicted octanol–water partition coefficient (Wildman–Crippen LogP) is 2.70. The summed E-state index contributed by atoms with van der Waals surface area (Å²) in [7, 11) is 0. The Morgan fingerprint density at radius 2 is 2.33 bits per heavy atom. The molecule has 1 heterocycles. The third-order valence-corrected chi connectivity index (χ3v) is 2.40. The number of benzene rings is 1. The highest BCUT2D eigenvalue weighted by Gasteiger charge is 2.07. The molecule has 15 heavy (non-hydrogen) atoms. The third-order valence-electron chi connectivity index (χ3n) is 2.18. The van der Waals surface area contributed by atoms with E-state index in [9.17, 15) is 0 Å². The fourth-order valence-corrected chi connectivity index (χ4v) is 1.72. The van der Waals surface area contributed by atoms with Gasteiger partial charge in [-0.2, -0.15) is 12.6 Å². The van der Waals surface area contributed by atoms with Gasteiger partial charge in [-0.1, -0.05) is 5.16 Å². The average molecular weight is 223 g/mol. The van der Waals surface area contributed by atoms with E-state index in [1.54, 1.807) is 0 Å². The highest BCUT2D eigenvalue weighted by Crippen LogP contribution is 2.24. The molecule has 0 fully saturated rings. The van der Waals surface area contributed by atoms with Crippen molar-refractivity contribution in [2.75, 3.05) is 12.4 Å². The fourth-order valence-electron chi connectivity index (χ4n) is 1.51. The highest BCUT2D eigenvalue weighted by atomic mass is 32.1. The van der Waals surface area contributed by atoms with Gasteiger partial charge in [0.05, 0.1) is 12.3 Å². The molecule has 0 aliphatic heterocycles. The van der Waals surface area contributed by atoms with Crippen molar-refractivity contribution in [3.63, 3.8) is 0 Å². The first-order chi connectivity index (χ1) is 7.35. The summed E-state index contributed by atoms with van der Waals surface area (Å²) < 4.78 is 10.6. The summed E-state index contributed by atoms with van der Waals surface area (Å²) >= 11 is 4.18. The van der Waals surface area contributed by atoms with Crippen molar-refractivity contribution in [3.05, 3.63) is 23.9 Å². The average Bonchev–Trinajstić information content (AvgIpc) is 2.62. The molecule has 0 unspecified atom stereocenters. The Balaban J connectivity index is 2.38. The second-order valence-electron chi connectivity index (χ2n) is 3.19. The molecule has 80 valence electrons. The molecule has 0 saturated heterocycles. The molecule has 0 aliphatic rings. The van der Waals surface area contributed by atoms with Gasteiger partial charge in [-0.05, 0) is 24.8 Å². The molecule has 0 amide bonds. The lowest BCUT2D eigenvalue weighted by Gasteiger charge is -2.00. The van der Waals surface area contributed by atoms with Crippen molar-refractivity contribution >= 4 is 23.6 Å². The molecule has 2 aromatic rings. The minimum absolute atomic E-state index is 0.656. The van der Waals surface area contributed by atoms with Crippen molar-refractivity contribution in [3.8, 4) is 5.75 Å². The van der Waals surface area contributed by atoms with Crippen LogP contribution in [0.3, 0.4) is 0 Å². The Morgan fingerprint density at radius 1 is 1.47 bits per heavy atom. The number of hydrogen-bond acceptors (Lipinski definition) is 4. The first kappa shape index (κ1) is 10.4. The van der Waals surface area contributed by atoms with Crippen LogP contribution in [0, 0.1) is 0 Å². The second kappa shape index (κ2) is 4.57. The summed E-state index contributed by atoms with van der Waals surface area (Å²) in [6.45, 7) is 2.61. The maximum absolute atomic E-state index is 5.38. The van der Waals surface area contributed by atoms with Crippen molar-refractivity contribution in [2.24, 2.45) is 0 Å². The highest BCUT2D eigenvalue weighted by molar-refractivity contribution is 7.80. The molecule has 0 atom stereocenters. The zero-order valence-corrected chi connectivity index (χ0v) is 9.46. The van der Waals surface area contributed by atoms with Crippen LogP contribution in [0.1, 0.15) is 12.6 Å². The first-order valence-corrected chi connectivity index (χ1v) is 5.60. The van der Waals surface area contributed by atoms with E-state index in [0.29, 0.717) is 6.61 Å². The van der Waals surface area contributed by atoms with Crippen LogP contribution in [0.2, 0.25) is 0 Å². The van der Waals surface area contributed by atoms with Crippen LogP contribution >= 0.6 is 12.6 Å². The molecule has 4 heteroatoms. The van der Waals surface area contributed by atoms with Crippen LogP contribution in [0.15, 0.2) is 22.7 Å². The normalized spacial score (nSPS) is 10.8. The molecule has 2 rings (SSSR count). The topological polar surface area (TPSA) is 35.3 Å². The summed E-state index contributed by atoms with van der Waals surface area (Å²) in [6.07, 6.45) is 0.824. The largest absolute Gasteiger partial charge is 0.494 e. The van der Waals surface area contributed by atoms with Crippen LogP contribution in [-0.4, -0.2) is 17.5 Å². The number of nitrogens with zero attached hydrogens (tertiary/aromatic N) is 1. The number of ether oxygens (including phenoxy) is 1. The molecule has 0 aliphatic carbocycles. The minimum Gasteiger partial charge on any atom is -0.494 e. The van der Waals surface area contributed by atoms with Gasteiger partial charge in [-0.25, -0.2) is 0 Å². The smallest absolute Gasteiger partial charge is 0.170 e. The van der Waals surface area contributed by atoms with E-state index < -0.39 is 0 Å². The quantitative estimate of drug-likeness (QED) is 0.809. The maximum atomic E-state index is 5.38. The van der Waals surface area contributed by atoms with Gasteiger partial charge in [-0.15, -0.1) is 0 Å². The van der Waals surface area contributed by atoms with E-state index in [0.717, 1.165) is 34.6 Å². The Morgan fingerprint density at radius 3 is 3.07 bits per heavy atom. The zero-order valence-electron chi connectivity index (χ0n) is 8.56. The zero-order chi connectivity index (χ0) is 10.7. The van der Waals surface area contributed by atoms with Crippen LogP contribution < -0.4 is 4.74 Å². The molecular formula is C11H13NO2S. The van der Waals surface area contributed by atoms with Crippen molar-refractivity contribution < 1.29 is 9.26 Å². The van der Waals surface area contributed by atoms with E-state index in [1.807, 2.05) is 25.1 Å². The molecule has 1 aromatic heterocycles. The van der Waals surface area contributed by atoms with E-state index in [-0.39, 0.29) is 0 Å². The van der Waals surface area contributed by atoms with E-state index in [1.165, 1.54) is 0 Å². The molecule has 0 saturated carbocycles.